The summed E-state index contributed by atoms with van der Waals surface area (Å²) >= 11 is 0. The molecular weight excluding hydrogens is 709 g/mol. The largest absolute Gasteiger partial charge is 0.479 e. The molecule has 2 rings (SSSR count). The third-order valence-corrected chi connectivity index (χ3v) is 16.1. The minimum atomic E-state index is -6.66. The number of carbonyl (C=O) groups excluding carboxylic acids is 4. The molecule has 0 aliphatic carbocycles. The average Bonchev–Trinajstić information content (AvgIpc) is 3.27. The van der Waals surface area contributed by atoms with Gasteiger partial charge in [0.1, 0.15) is 0 Å². The lowest BCUT2D eigenvalue weighted by Gasteiger charge is -2.39. The maximum atomic E-state index is 12.4. The van der Waals surface area contributed by atoms with Crippen LogP contribution in [0.4, 0.5) is 0 Å². The maximum Gasteiger partial charge on any atom is 0.351 e. The first-order chi connectivity index (χ1) is 18.7. The summed E-state index contributed by atoms with van der Waals surface area (Å²) < 4.78 is 130. The Morgan fingerprint density at radius 3 is 0.929 bits per heavy atom. The number of rotatable bonds is 13. The van der Waals surface area contributed by atoms with Crippen LogP contribution in [-0.4, -0.2) is 126 Å². The fraction of sp³-hybridized carbons (Fsp3) is 0.571. The third kappa shape index (κ3) is 5.61. The molecule has 6 N–H and O–H groups in total. The van der Waals surface area contributed by atoms with Crippen molar-refractivity contribution in [1.82, 2.24) is 9.80 Å². The smallest absolute Gasteiger partial charge is 0.351 e. The lowest BCUT2D eigenvalue weighted by atomic mass is 10.3. The van der Waals surface area contributed by atoms with Gasteiger partial charge in [0, 0.05) is 25.7 Å². The van der Waals surface area contributed by atoms with Gasteiger partial charge in [-0.05, 0) is 0 Å². The standard InChI is InChI=1S/C14H16N2O20S6/c17-5-1-2-6(18)15(5)13(9(21)22,41(31,32)33)11(39(25,26)27)37-38-12(40(28,29)30)14(10(23)24,42(34,35)36)16-7(19)3-4-8(16)20/h11-12H,1-4H2,(H,21,22)(H,23,24)(H,25,26,27)(H,28,29,30)(H,31,32,33)(H,34,35,36). The fourth-order valence-electron chi connectivity index (χ4n) is 3.93. The Kier molecular flexibility index (Phi) is 9.57. The summed E-state index contributed by atoms with van der Waals surface area (Å²) in [5, 5.41) is 19.5. The molecule has 4 atom stereocenters. The van der Waals surface area contributed by atoms with Crippen LogP contribution in [0, 0.1) is 0 Å². The summed E-state index contributed by atoms with van der Waals surface area (Å²) in [5.41, 5.74) is 0. The van der Waals surface area contributed by atoms with Gasteiger partial charge in [0.05, 0.1) is 0 Å². The molecule has 4 amide bonds. The highest BCUT2D eigenvalue weighted by atomic mass is 33.1. The Balaban J connectivity index is 2.99. The molecule has 2 fully saturated rings. The van der Waals surface area contributed by atoms with Gasteiger partial charge in [0.25, 0.3) is 20.2 Å². The van der Waals surface area contributed by atoms with Crippen LogP contribution >= 0.6 is 21.6 Å². The number of likely N-dealkylation sites (tertiary alicyclic amines) is 2. The molecular formula is C14H16N2O20S6. The van der Waals surface area contributed by atoms with Crippen LogP contribution in [0.2, 0.25) is 0 Å². The lowest BCUT2D eigenvalue weighted by molar-refractivity contribution is -0.156. The number of amides is 4. The van der Waals surface area contributed by atoms with Gasteiger partial charge in [0.2, 0.25) is 23.6 Å². The van der Waals surface area contributed by atoms with Crippen LogP contribution < -0.4 is 0 Å². The molecule has 0 spiro atoms. The van der Waals surface area contributed by atoms with Crippen LogP contribution in [0.3, 0.4) is 0 Å². The highest BCUT2D eigenvalue weighted by Crippen LogP contribution is 2.50. The first-order valence-corrected chi connectivity index (χ1v) is 18.2. The van der Waals surface area contributed by atoms with E-state index in [1.54, 1.807) is 0 Å². The summed E-state index contributed by atoms with van der Waals surface area (Å²) in [6, 6.07) is 0. The molecule has 2 saturated heterocycles. The minimum Gasteiger partial charge on any atom is -0.479 e. The minimum absolute atomic E-state index is 0.833. The van der Waals surface area contributed by atoms with Crippen LogP contribution in [0.15, 0.2) is 0 Å². The fourth-order valence-corrected chi connectivity index (χ4v) is 15.5. The highest BCUT2D eigenvalue weighted by molar-refractivity contribution is 8.79. The number of nitrogens with zero attached hydrogens (tertiary/aromatic N) is 2. The van der Waals surface area contributed by atoms with Crippen molar-refractivity contribution in [3.63, 3.8) is 0 Å². The van der Waals surface area contributed by atoms with Gasteiger partial charge in [-0.15, -0.1) is 0 Å². The highest BCUT2D eigenvalue weighted by Gasteiger charge is 2.73. The van der Waals surface area contributed by atoms with Crippen molar-refractivity contribution in [2.45, 2.75) is 44.6 Å². The molecule has 0 aromatic rings. The summed E-state index contributed by atoms with van der Waals surface area (Å²) in [6.45, 7) is 0. The zero-order chi connectivity index (χ0) is 33.0. The van der Waals surface area contributed by atoms with Gasteiger partial charge in [0.15, 0.2) is 9.16 Å². The topological polar surface area (TPSA) is 367 Å². The number of hydrogen-bond acceptors (Lipinski definition) is 16. The maximum absolute atomic E-state index is 12.4. The zero-order valence-electron chi connectivity index (χ0n) is 19.7. The molecule has 4 unspecified atom stereocenters. The lowest BCUT2D eigenvalue weighted by Crippen LogP contribution is -2.69. The van der Waals surface area contributed by atoms with Crippen molar-refractivity contribution in [3.05, 3.63) is 0 Å². The van der Waals surface area contributed by atoms with Gasteiger partial charge in [-0.25, -0.2) is 19.4 Å². The normalized spacial score (nSPS) is 21.6. The third-order valence-electron chi connectivity index (χ3n) is 5.58. The van der Waals surface area contributed by atoms with E-state index in [1.165, 1.54) is 0 Å². The average molecular weight is 725 g/mol. The predicted octanol–water partition coefficient (Wildman–Crippen LogP) is -3.57. The number of carboxylic acid groups (broad SMARTS) is 2. The molecule has 2 aliphatic rings. The summed E-state index contributed by atoms with van der Waals surface area (Å²) in [6.07, 6.45) is -3.96. The molecule has 0 radical (unpaired) electrons. The molecule has 0 saturated carbocycles. The van der Waals surface area contributed by atoms with Gasteiger partial charge in [-0.1, -0.05) is 21.6 Å². The second kappa shape index (κ2) is 11.2. The van der Waals surface area contributed by atoms with Crippen molar-refractivity contribution < 1.29 is 90.9 Å². The monoisotopic (exact) mass is 724 g/mol. The molecule has 0 aromatic heterocycles. The molecule has 22 nitrogen and oxygen atoms in total. The predicted molar refractivity (Wildman–Crippen MR) is 132 cm³/mol. The van der Waals surface area contributed by atoms with Crippen LogP contribution in [0.5, 0.6) is 0 Å². The van der Waals surface area contributed by atoms with Crippen LogP contribution in [-0.2, 0) is 69.2 Å². The quantitative estimate of drug-likeness (QED) is 0.0607. The SMILES string of the molecule is O=C1CCC(=O)N1C(C(=O)O)(C(SSC(C(C(=O)O)(N1C(=O)CCC1=O)S(=O)(=O)O)S(=O)(=O)O)S(=O)(=O)O)S(=O)(=O)O. The first-order valence-electron chi connectivity index (χ1n) is 10.1. The zero-order valence-corrected chi connectivity index (χ0v) is 24.6. The van der Waals surface area contributed by atoms with Gasteiger partial charge >= 0.3 is 41.9 Å². The number of carboxylic acids is 2. The van der Waals surface area contributed by atoms with Gasteiger partial charge in [-0.2, -0.15) is 33.7 Å². The Labute approximate surface area is 242 Å². The van der Waals surface area contributed by atoms with Crippen molar-refractivity contribution in [2.75, 3.05) is 0 Å². The Hall–Kier alpha value is -2.44. The second-order valence-corrected chi connectivity index (χ2v) is 17.3. The van der Waals surface area contributed by atoms with E-state index >= 15 is 0 Å². The van der Waals surface area contributed by atoms with Gasteiger partial charge in [-0.3, -0.25) is 37.4 Å². The van der Waals surface area contributed by atoms with E-state index < -0.39 is 152 Å². The van der Waals surface area contributed by atoms with E-state index in [0.717, 1.165) is 0 Å². The molecule has 0 aromatic carbocycles. The van der Waals surface area contributed by atoms with Crippen LogP contribution in [0.1, 0.15) is 25.7 Å². The first kappa shape index (κ1) is 35.8. The molecule has 2 aliphatic heterocycles. The van der Waals surface area contributed by atoms with Crippen molar-refractivity contribution in [2.24, 2.45) is 0 Å². The van der Waals surface area contributed by atoms with E-state index in [0.29, 0.717) is 0 Å². The number of hydrogen-bond donors (Lipinski definition) is 6. The molecule has 0 bridgehead atoms. The number of aliphatic carboxylic acids is 2. The Morgan fingerprint density at radius 1 is 0.571 bits per heavy atom. The number of carbonyl (C=O) groups is 6. The van der Waals surface area contributed by atoms with Crippen molar-refractivity contribution >= 4 is 97.6 Å². The summed E-state index contributed by atoms with van der Waals surface area (Å²) in [5.74, 6) is -13.3. The van der Waals surface area contributed by atoms with E-state index in [1.807, 2.05) is 0 Å². The molecule has 238 valence electrons. The Bertz CT molecular complexity index is 1540. The Morgan fingerprint density at radius 2 is 0.786 bits per heavy atom. The van der Waals surface area contributed by atoms with Crippen molar-refractivity contribution in [1.29, 1.82) is 0 Å². The van der Waals surface area contributed by atoms with E-state index in [-0.39, 0.29) is 0 Å². The summed E-state index contributed by atoms with van der Waals surface area (Å²) in [7, 11) is -28.5. The van der Waals surface area contributed by atoms with E-state index in [9.17, 15) is 90.9 Å². The van der Waals surface area contributed by atoms with Gasteiger partial charge < -0.3 is 10.2 Å². The molecule has 42 heavy (non-hydrogen) atoms. The molecule has 2 heterocycles. The van der Waals surface area contributed by atoms with E-state index in [2.05, 4.69) is 0 Å². The van der Waals surface area contributed by atoms with Crippen molar-refractivity contribution in [3.8, 4) is 0 Å². The van der Waals surface area contributed by atoms with Crippen LogP contribution in [0.25, 0.3) is 0 Å². The number of imide groups is 2. The summed E-state index contributed by atoms with van der Waals surface area (Å²) in [4.78, 5) is 62.5. The second-order valence-electron chi connectivity index (χ2n) is 8.09. The molecule has 28 heteroatoms. The van der Waals surface area contributed by atoms with E-state index in [4.69, 9.17) is 0 Å².